The van der Waals surface area contributed by atoms with Crippen LogP contribution >= 0.6 is 38.5 Å². The molecule has 0 spiro atoms. The molecule has 4 heteroatoms. The summed E-state index contributed by atoms with van der Waals surface area (Å²) in [6.07, 6.45) is 0. The summed E-state index contributed by atoms with van der Waals surface area (Å²) in [5, 5.41) is 0. The summed E-state index contributed by atoms with van der Waals surface area (Å²) < 4.78 is 7.24. The number of carbonyl (C=O) groups is 1. The van der Waals surface area contributed by atoms with E-state index in [1.807, 2.05) is 44.2 Å². The average Bonchev–Trinajstić information content (AvgIpc) is 2.43. The van der Waals surface area contributed by atoms with Crippen molar-refractivity contribution in [2.45, 2.75) is 13.8 Å². The van der Waals surface area contributed by atoms with Gasteiger partial charge in [0, 0.05) is 13.6 Å². The van der Waals surface area contributed by atoms with E-state index >= 15 is 0 Å². The summed E-state index contributed by atoms with van der Waals surface area (Å²) in [4.78, 5) is 12.8. The molecule has 0 atom stereocenters. The number of hydrogen-bond acceptors (Lipinski definition) is 2. The molecule has 0 aliphatic heterocycles. The maximum absolute atomic E-state index is 12.8. The highest BCUT2D eigenvalue weighted by molar-refractivity contribution is 14.1. The Morgan fingerprint density at radius 2 is 1.85 bits per heavy atom. The Morgan fingerprint density at radius 1 is 1.15 bits per heavy atom. The van der Waals surface area contributed by atoms with Crippen molar-refractivity contribution in [1.29, 1.82) is 0 Å². The molecule has 2 aromatic rings. The van der Waals surface area contributed by atoms with Crippen LogP contribution in [-0.2, 0) is 0 Å². The lowest BCUT2D eigenvalue weighted by Gasteiger charge is -2.12. The predicted molar refractivity (Wildman–Crippen MR) is 92.8 cm³/mol. The quantitative estimate of drug-likeness (QED) is 0.496. The Labute approximate surface area is 140 Å². The Hall–Kier alpha value is -0.880. The molecule has 2 aromatic carbocycles. The standard InChI is InChI=1S/C16H14BrIO2/c1-9-5-4-6-11(15(9)18)16(19)12-8-13(17)10(2)7-14(12)20-3/h4-8H,1-3H3. The van der Waals surface area contributed by atoms with Crippen molar-refractivity contribution in [3.8, 4) is 5.75 Å². The first kappa shape index (κ1) is 15.5. The highest BCUT2D eigenvalue weighted by atomic mass is 127. The highest BCUT2D eigenvalue weighted by Crippen LogP contribution is 2.30. The molecule has 0 radical (unpaired) electrons. The van der Waals surface area contributed by atoms with Crippen LogP contribution in [0.2, 0.25) is 0 Å². The second kappa shape index (κ2) is 6.26. The normalized spacial score (nSPS) is 10.4. The van der Waals surface area contributed by atoms with Gasteiger partial charge in [-0.2, -0.15) is 0 Å². The molecular weight excluding hydrogens is 431 g/mol. The maximum atomic E-state index is 12.8. The van der Waals surface area contributed by atoms with Gasteiger partial charge in [0.1, 0.15) is 5.75 Å². The smallest absolute Gasteiger partial charge is 0.197 e. The van der Waals surface area contributed by atoms with E-state index in [0.717, 1.165) is 19.2 Å². The molecule has 0 fully saturated rings. The van der Waals surface area contributed by atoms with Crippen molar-refractivity contribution in [2.24, 2.45) is 0 Å². The van der Waals surface area contributed by atoms with Gasteiger partial charge in [-0.05, 0) is 65.8 Å². The van der Waals surface area contributed by atoms with Gasteiger partial charge in [-0.15, -0.1) is 0 Å². The lowest BCUT2D eigenvalue weighted by molar-refractivity contribution is 0.103. The first-order valence-corrected chi connectivity index (χ1v) is 7.96. The lowest BCUT2D eigenvalue weighted by atomic mass is 10.00. The maximum Gasteiger partial charge on any atom is 0.197 e. The number of halogens is 2. The zero-order valence-corrected chi connectivity index (χ0v) is 15.2. The van der Waals surface area contributed by atoms with Gasteiger partial charge in [0.25, 0.3) is 0 Å². The third-order valence-corrected chi connectivity index (χ3v) is 5.45. The minimum absolute atomic E-state index is 0.0179. The first-order valence-electron chi connectivity index (χ1n) is 6.09. The fourth-order valence-electron chi connectivity index (χ4n) is 1.97. The van der Waals surface area contributed by atoms with E-state index in [2.05, 4.69) is 38.5 Å². The molecule has 0 N–H and O–H groups in total. The van der Waals surface area contributed by atoms with E-state index in [1.54, 1.807) is 7.11 Å². The number of rotatable bonds is 3. The van der Waals surface area contributed by atoms with E-state index in [-0.39, 0.29) is 5.78 Å². The Kier molecular flexibility index (Phi) is 4.86. The third-order valence-electron chi connectivity index (χ3n) is 3.16. The predicted octanol–water partition coefficient (Wildman–Crippen LogP) is 4.91. The summed E-state index contributed by atoms with van der Waals surface area (Å²) >= 11 is 5.69. The van der Waals surface area contributed by atoms with E-state index in [1.165, 1.54) is 0 Å². The van der Waals surface area contributed by atoms with Crippen molar-refractivity contribution >= 4 is 44.3 Å². The zero-order chi connectivity index (χ0) is 14.9. The molecule has 0 amide bonds. The Balaban J connectivity index is 2.59. The topological polar surface area (TPSA) is 26.3 Å². The summed E-state index contributed by atoms with van der Waals surface area (Å²) in [6.45, 7) is 3.97. The van der Waals surface area contributed by atoms with E-state index in [0.29, 0.717) is 16.9 Å². The van der Waals surface area contributed by atoms with Gasteiger partial charge in [0.2, 0.25) is 0 Å². The lowest BCUT2D eigenvalue weighted by Crippen LogP contribution is -2.07. The molecular formula is C16H14BrIO2. The highest BCUT2D eigenvalue weighted by Gasteiger charge is 2.19. The van der Waals surface area contributed by atoms with E-state index in [9.17, 15) is 4.79 Å². The van der Waals surface area contributed by atoms with Crippen molar-refractivity contribution in [2.75, 3.05) is 7.11 Å². The number of aryl methyl sites for hydroxylation is 2. The fraction of sp³-hybridized carbons (Fsp3) is 0.188. The van der Waals surface area contributed by atoms with Gasteiger partial charge in [-0.3, -0.25) is 4.79 Å². The Bertz CT molecular complexity index is 680. The van der Waals surface area contributed by atoms with Crippen molar-refractivity contribution in [1.82, 2.24) is 0 Å². The zero-order valence-electron chi connectivity index (χ0n) is 11.5. The number of ketones is 1. The summed E-state index contributed by atoms with van der Waals surface area (Å²) in [5.74, 6) is 0.587. The van der Waals surface area contributed by atoms with Crippen LogP contribution in [0.1, 0.15) is 27.0 Å². The van der Waals surface area contributed by atoms with Gasteiger partial charge in [-0.1, -0.05) is 28.1 Å². The molecule has 0 heterocycles. The van der Waals surface area contributed by atoms with Crippen LogP contribution in [0.4, 0.5) is 0 Å². The van der Waals surface area contributed by atoms with Crippen LogP contribution in [0, 0.1) is 17.4 Å². The van der Waals surface area contributed by atoms with Gasteiger partial charge < -0.3 is 4.74 Å². The van der Waals surface area contributed by atoms with Crippen LogP contribution in [0.15, 0.2) is 34.8 Å². The summed E-state index contributed by atoms with van der Waals surface area (Å²) in [7, 11) is 1.58. The van der Waals surface area contributed by atoms with Crippen molar-refractivity contribution in [3.63, 3.8) is 0 Å². The first-order chi connectivity index (χ1) is 9.45. The third kappa shape index (κ3) is 2.91. The minimum atomic E-state index is -0.0179. The number of benzene rings is 2. The molecule has 0 aliphatic carbocycles. The van der Waals surface area contributed by atoms with E-state index < -0.39 is 0 Å². The molecule has 2 rings (SSSR count). The van der Waals surface area contributed by atoms with Crippen LogP contribution in [0.3, 0.4) is 0 Å². The molecule has 20 heavy (non-hydrogen) atoms. The van der Waals surface area contributed by atoms with Gasteiger partial charge in [-0.25, -0.2) is 0 Å². The van der Waals surface area contributed by atoms with Crippen molar-refractivity contribution < 1.29 is 9.53 Å². The van der Waals surface area contributed by atoms with E-state index in [4.69, 9.17) is 4.74 Å². The molecule has 0 saturated carbocycles. The minimum Gasteiger partial charge on any atom is -0.496 e. The van der Waals surface area contributed by atoms with Crippen molar-refractivity contribution in [3.05, 3.63) is 60.6 Å². The molecule has 0 bridgehead atoms. The average molecular weight is 445 g/mol. The number of carbonyl (C=O) groups excluding carboxylic acids is 1. The monoisotopic (exact) mass is 444 g/mol. The molecule has 104 valence electrons. The molecule has 2 nitrogen and oxygen atoms in total. The SMILES string of the molecule is COc1cc(C)c(Br)cc1C(=O)c1cccc(C)c1I. The molecule has 0 unspecified atom stereocenters. The van der Waals surface area contributed by atoms with Crippen LogP contribution < -0.4 is 4.74 Å². The van der Waals surface area contributed by atoms with Gasteiger partial charge in [0.05, 0.1) is 12.7 Å². The van der Waals surface area contributed by atoms with Gasteiger partial charge in [0.15, 0.2) is 5.78 Å². The molecule has 0 aromatic heterocycles. The van der Waals surface area contributed by atoms with Gasteiger partial charge >= 0.3 is 0 Å². The van der Waals surface area contributed by atoms with Crippen LogP contribution in [0.25, 0.3) is 0 Å². The molecule has 0 aliphatic rings. The fourth-order valence-corrected chi connectivity index (χ4v) is 2.92. The summed E-state index contributed by atoms with van der Waals surface area (Å²) in [5.41, 5.74) is 3.42. The number of methoxy groups -OCH3 is 1. The second-order valence-electron chi connectivity index (χ2n) is 4.57. The molecule has 0 saturated heterocycles. The Morgan fingerprint density at radius 3 is 2.50 bits per heavy atom. The largest absolute Gasteiger partial charge is 0.496 e. The summed E-state index contributed by atoms with van der Waals surface area (Å²) in [6, 6.07) is 9.46. The van der Waals surface area contributed by atoms with Crippen LogP contribution in [-0.4, -0.2) is 12.9 Å². The number of hydrogen-bond donors (Lipinski definition) is 0. The van der Waals surface area contributed by atoms with Crippen LogP contribution in [0.5, 0.6) is 5.75 Å². The second-order valence-corrected chi connectivity index (χ2v) is 6.50. The number of ether oxygens (including phenoxy) is 1.